The largest absolute Gasteiger partial charge is 0.508 e. The Morgan fingerprint density at radius 1 is 1.16 bits per heavy atom. The quantitative estimate of drug-likeness (QED) is 0.743. The summed E-state index contributed by atoms with van der Waals surface area (Å²) in [5.74, 6) is 1.52. The van der Waals surface area contributed by atoms with Crippen molar-refractivity contribution in [1.82, 2.24) is 14.6 Å². The first-order chi connectivity index (χ1) is 9.24. The first kappa shape index (κ1) is 11.3. The molecule has 0 amide bonds. The lowest BCUT2D eigenvalue weighted by atomic mass is 10.3. The predicted octanol–water partition coefficient (Wildman–Crippen LogP) is 1.60. The maximum absolute atomic E-state index is 9.18. The van der Waals surface area contributed by atoms with Gasteiger partial charge in [-0.1, -0.05) is 0 Å². The predicted molar refractivity (Wildman–Crippen MR) is 69.8 cm³/mol. The maximum Gasteiger partial charge on any atom is 0.184 e. The molecule has 0 aliphatic heterocycles. The molecule has 2 aromatic heterocycles. The summed E-state index contributed by atoms with van der Waals surface area (Å²) in [6.45, 7) is 0.273. The van der Waals surface area contributed by atoms with Crippen LogP contribution in [0.3, 0.4) is 0 Å². The van der Waals surface area contributed by atoms with E-state index in [1.165, 1.54) is 0 Å². The highest BCUT2D eigenvalue weighted by molar-refractivity contribution is 5.63. The van der Waals surface area contributed by atoms with E-state index in [0.717, 1.165) is 0 Å². The van der Waals surface area contributed by atoms with E-state index < -0.39 is 0 Å². The van der Waals surface area contributed by atoms with Crippen LogP contribution in [-0.4, -0.2) is 19.7 Å². The van der Waals surface area contributed by atoms with Crippen LogP contribution in [-0.2, 0) is 6.61 Å². The second-order valence-corrected chi connectivity index (χ2v) is 4.06. The Morgan fingerprint density at radius 2 is 1.95 bits per heavy atom. The topological polar surface area (TPSA) is 85.7 Å². The standard InChI is InChI=1S/C13H12N4O2/c14-11-2-1-7-17-12(15-16-13(11)17)8-19-10-5-3-9(18)4-6-10/h1-7,18H,8,14H2. The van der Waals surface area contributed by atoms with Crippen LogP contribution in [0.5, 0.6) is 11.5 Å². The lowest BCUT2D eigenvalue weighted by Crippen LogP contribution is -2.01. The molecule has 3 aromatic rings. The molecular formula is C13H12N4O2. The molecule has 0 bridgehead atoms. The Bertz CT molecular complexity index is 706. The van der Waals surface area contributed by atoms with Gasteiger partial charge in [-0.15, -0.1) is 10.2 Å². The molecule has 3 rings (SSSR count). The summed E-state index contributed by atoms with van der Waals surface area (Å²) in [6.07, 6.45) is 1.83. The molecule has 0 aliphatic carbocycles. The molecule has 1 aromatic carbocycles. The Labute approximate surface area is 109 Å². The molecule has 0 saturated heterocycles. The minimum atomic E-state index is 0.202. The van der Waals surface area contributed by atoms with E-state index >= 15 is 0 Å². The van der Waals surface area contributed by atoms with Gasteiger partial charge in [0.15, 0.2) is 11.5 Å². The normalized spacial score (nSPS) is 10.7. The number of phenolic OH excluding ortho intramolecular Hbond substituents is 1. The Hall–Kier alpha value is -2.76. The van der Waals surface area contributed by atoms with Gasteiger partial charge in [0.25, 0.3) is 0 Å². The van der Waals surface area contributed by atoms with Crippen LogP contribution in [0.4, 0.5) is 5.69 Å². The summed E-state index contributed by atoms with van der Waals surface area (Å²) in [5, 5.41) is 17.2. The highest BCUT2D eigenvalue weighted by atomic mass is 16.5. The highest BCUT2D eigenvalue weighted by Crippen LogP contribution is 2.18. The van der Waals surface area contributed by atoms with Gasteiger partial charge in [0.05, 0.1) is 5.69 Å². The number of hydrogen-bond acceptors (Lipinski definition) is 5. The number of phenols is 1. The number of benzene rings is 1. The van der Waals surface area contributed by atoms with Gasteiger partial charge in [0.2, 0.25) is 0 Å². The fourth-order valence-electron chi connectivity index (χ4n) is 1.77. The molecule has 6 nitrogen and oxygen atoms in total. The number of pyridine rings is 1. The van der Waals surface area contributed by atoms with E-state index in [4.69, 9.17) is 10.5 Å². The number of anilines is 1. The van der Waals surface area contributed by atoms with Crippen LogP contribution < -0.4 is 10.5 Å². The van der Waals surface area contributed by atoms with E-state index in [2.05, 4.69) is 10.2 Å². The number of hydrogen-bond donors (Lipinski definition) is 2. The molecule has 0 saturated carbocycles. The number of aromatic hydroxyl groups is 1. The van der Waals surface area contributed by atoms with Crippen molar-refractivity contribution in [3.8, 4) is 11.5 Å². The number of fused-ring (bicyclic) bond motifs is 1. The molecular weight excluding hydrogens is 244 g/mol. The molecule has 96 valence electrons. The average Bonchev–Trinajstić information content (AvgIpc) is 2.83. The van der Waals surface area contributed by atoms with E-state index in [0.29, 0.717) is 22.9 Å². The van der Waals surface area contributed by atoms with E-state index in [1.807, 2.05) is 12.3 Å². The van der Waals surface area contributed by atoms with Crippen LogP contribution >= 0.6 is 0 Å². The molecule has 2 heterocycles. The van der Waals surface area contributed by atoms with Crippen LogP contribution in [0.2, 0.25) is 0 Å². The lowest BCUT2D eigenvalue weighted by Gasteiger charge is -2.05. The van der Waals surface area contributed by atoms with Crippen molar-refractivity contribution in [2.24, 2.45) is 0 Å². The summed E-state index contributed by atoms with van der Waals surface area (Å²) in [6, 6.07) is 10.1. The summed E-state index contributed by atoms with van der Waals surface area (Å²) < 4.78 is 7.37. The second kappa shape index (κ2) is 4.49. The van der Waals surface area contributed by atoms with Crippen LogP contribution in [0.1, 0.15) is 5.82 Å². The van der Waals surface area contributed by atoms with Crippen molar-refractivity contribution < 1.29 is 9.84 Å². The average molecular weight is 256 g/mol. The molecule has 0 atom stereocenters. The summed E-state index contributed by atoms with van der Waals surface area (Å²) in [4.78, 5) is 0. The van der Waals surface area contributed by atoms with E-state index in [9.17, 15) is 5.11 Å². The number of aromatic nitrogens is 3. The molecule has 6 heteroatoms. The molecule has 0 spiro atoms. The minimum Gasteiger partial charge on any atom is -0.508 e. The van der Waals surface area contributed by atoms with Gasteiger partial charge in [0.1, 0.15) is 18.1 Å². The Kier molecular flexibility index (Phi) is 2.68. The summed E-state index contributed by atoms with van der Waals surface area (Å²) in [5.41, 5.74) is 6.99. The SMILES string of the molecule is Nc1cccn2c(COc3ccc(O)cc3)nnc12. The molecule has 0 fully saturated rings. The maximum atomic E-state index is 9.18. The third kappa shape index (κ3) is 2.15. The summed E-state index contributed by atoms with van der Waals surface area (Å²) in [7, 11) is 0. The monoisotopic (exact) mass is 256 g/mol. The van der Waals surface area contributed by atoms with Gasteiger partial charge in [-0.3, -0.25) is 4.40 Å². The zero-order valence-electron chi connectivity index (χ0n) is 10.0. The van der Waals surface area contributed by atoms with Crippen molar-refractivity contribution in [2.75, 3.05) is 5.73 Å². The van der Waals surface area contributed by atoms with Crippen molar-refractivity contribution in [2.45, 2.75) is 6.61 Å². The fraction of sp³-hybridized carbons (Fsp3) is 0.0769. The van der Waals surface area contributed by atoms with Crippen molar-refractivity contribution in [1.29, 1.82) is 0 Å². The Balaban J connectivity index is 1.82. The van der Waals surface area contributed by atoms with E-state index in [-0.39, 0.29) is 12.4 Å². The molecule has 0 radical (unpaired) electrons. The van der Waals surface area contributed by atoms with Crippen LogP contribution in [0.15, 0.2) is 42.6 Å². The first-order valence-electron chi connectivity index (χ1n) is 5.74. The van der Waals surface area contributed by atoms with Gasteiger partial charge >= 0.3 is 0 Å². The number of ether oxygens (including phenoxy) is 1. The van der Waals surface area contributed by atoms with Gasteiger partial charge in [0, 0.05) is 6.20 Å². The van der Waals surface area contributed by atoms with Gasteiger partial charge in [-0.2, -0.15) is 0 Å². The van der Waals surface area contributed by atoms with Crippen molar-refractivity contribution in [3.63, 3.8) is 0 Å². The number of rotatable bonds is 3. The third-order valence-electron chi connectivity index (χ3n) is 2.74. The van der Waals surface area contributed by atoms with Crippen molar-refractivity contribution in [3.05, 3.63) is 48.4 Å². The van der Waals surface area contributed by atoms with Gasteiger partial charge < -0.3 is 15.6 Å². The molecule has 0 unspecified atom stereocenters. The van der Waals surface area contributed by atoms with Crippen LogP contribution in [0.25, 0.3) is 5.65 Å². The third-order valence-corrected chi connectivity index (χ3v) is 2.74. The first-order valence-corrected chi connectivity index (χ1v) is 5.74. The van der Waals surface area contributed by atoms with Gasteiger partial charge in [-0.05, 0) is 36.4 Å². The van der Waals surface area contributed by atoms with Crippen LogP contribution in [0, 0.1) is 0 Å². The summed E-state index contributed by atoms with van der Waals surface area (Å²) >= 11 is 0. The molecule has 19 heavy (non-hydrogen) atoms. The fourth-order valence-corrected chi connectivity index (χ4v) is 1.77. The second-order valence-electron chi connectivity index (χ2n) is 4.06. The zero-order chi connectivity index (χ0) is 13.2. The van der Waals surface area contributed by atoms with Crippen molar-refractivity contribution >= 4 is 11.3 Å². The van der Waals surface area contributed by atoms with Gasteiger partial charge in [-0.25, -0.2) is 0 Å². The highest BCUT2D eigenvalue weighted by Gasteiger charge is 2.07. The number of nitrogen functional groups attached to an aromatic ring is 1. The smallest absolute Gasteiger partial charge is 0.184 e. The lowest BCUT2D eigenvalue weighted by molar-refractivity contribution is 0.294. The zero-order valence-corrected chi connectivity index (χ0v) is 10.0. The number of nitrogens with zero attached hydrogens (tertiary/aromatic N) is 3. The minimum absolute atomic E-state index is 0.202. The Morgan fingerprint density at radius 3 is 2.74 bits per heavy atom. The number of nitrogens with two attached hydrogens (primary N) is 1. The molecule has 3 N–H and O–H groups in total. The molecule has 0 aliphatic rings. The van der Waals surface area contributed by atoms with E-state index in [1.54, 1.807) is 34.7 Å².